The van der Waals surface area contributed by atoms with Crippen LogP contribution in [-0.4, -0.2) is 47.2 Å². The van der Waals surface area contributed by atoms with Crippen LogP contribution in [0.25, 0.3) is 0 Å². The summed E-state index contributed by atoms with van der Waals surface area (Å²) in [6.07, 6.45) is 6.84. The zero-order valence-corrected chi connectivity index (χ0v) is 22.6. The maximum atomic E-state index is 14.5. The number of hydrogen-bond donors (Lipinski definition) is 3. The van der Waals surface area contributed by atoms with Crippen LogP contribution in [0.1, 0.15) is 95.7 Å². The van der Waals surface area contributed by atoms with Crippen molar-refractivity contribution in [2.45, 2.75) is 70.9 Å². The van der Waals surface area contributed by atoms with E-state index in [4.69, 9.17) is 5.41 Å². The lowest BCUT2D eigenvalue weighted by Gasteiger charge is -2.29. The first-order chi connectivity index (χ1) is 19.3. The Labute approximate surface area is 233 Å². The van der Waals surface area contributed by atoms with Gasteiger partial charge >= 0.3 is 0 Å². The predicted molar refractivity (Wildman–Crippen MR) is 150 cm³/mol. The minimum Gasteiger partial charge on any atom is -0.384 e. The second kappa shape index (κ2) is 13.2. The van der Waals surface area contributed by atoms with E-state index < -0.39 is 23.7 Å². The smallest absolute Gasteiger partial charge is 0.258 e. The Hall–Kier alpha value is -4.32. The average molecular weight is 545 g/mol. The van der Waals surface area contributed by atoms with Crippen molar-refractivity contribution in [3.63, 3.8) is 0 Å². The van der Waals surface area contributed by atoms with E-state index in [-0.39, 0.29) is 30.9 Å². The van der Waals surface area contributed by atoms with E-state index in [0.29, 0.717) is 28.8 Å². The number of benzene rings is 2. The summed E-state index contributed by atoms with van der Waals surface area (Å²) < 4.78 is 14.5. The van der Waals surface area contributed by atoms with Gasteiger partial charge < -0.3 is 15.6 Å². The molecule has 8 nitrogen and oxygen atoms in total. The summed E-state index contributed by atoms with van der Waals surface area (Å²) in [4.78, 5) is 49.1. The molecule has 2 aliphatic rings. The number of imide groups is 1. The number of unbranched alkanes of at least 4 members (excludes halogenated alkanes) is 5. The van der Waals surface area contributed by atoms with Gasteiger partial charge in [0.05, 0.1) is 5.56 Å². The molecule has 0 saturated carbocycles. The van der Waals surface area contributed by atoms with E-state index in [1.165, 1.54) is 11.0 Å². The average Bonchev–Trinajstić information content (AvgIpc) is 3.28. The number of nitrogens with zero attached hydrogens (tertiary/aromatic N) is 1. The highest BCUT2D eigenvalue weighted by Crippen LogP contribution is 2.31. The van der Waals surface area contributed by atoms with Crippen LogP contribution in [0.5, 0.6) is 0 Å². The fourth-order valence-corrected chi connectivity index (χ4v) is 5.11. The van der Waals surface area contributed by atoms with Crippen LogP contribution >= 0.6 is 0 Å². The van der Waals surface area contributed by atoms with E-state index in [0.717, 1.165) is 56.2 Å². The van der Waals surface area contributed by atoms with Crippen molar-refractivity contribution >= 4 is 35.4 Å². The lowest BCUT2D eigenvalue weighted by Crippen LogP contribution is -2.52. The molecule has 1 fully saturated rings. The molecule has 1 saturated heterocycles. The third-order valence-electron chi connectivity index (χ3n) is 7.25. The van der Waals surface area contributed by atoms with Crippen LogP contribution < -0.4 is 10.6 Å². The molecule has 1 unspecified atom stereocenters. The second-order valence-electron chi connectivity index (χ2n) is 10.1. The SMILES string of the molecule is CC(=N)c1ccc(C=O)cc1NCCCCCCCC#Cc1ccc(F)c2c1CN(C1CCC(=O)NC1=O)C2=O. The molecule has 9 heteroatoms. The number of rotatable bonds is 11. The van der Waals surface area contributed by atoms with Gasteiger partial charge in [-0.15, -0.1) is 0 Å². The van der Waals surface area contributed by atoms with E-state index in [9.17, 15) is 23.6 Å². The van der Waals surface area contributed by atoms with Crippen molar-refractivity contribution in [2.24, 2.45) is 0 Å². The van der Waals surface area contributed by atoms with Gasteiger partial charge in [0.2, 0.25) is 11.8 Å². The van der Waals surface area contributed by atoms with Crippen LogP contribution in [-0.2, 0) is 16.1 Å². The van der Waals surface area contributed by atoms with Crippen LogP contribution in [0.4, 0.5) is 10.1 Å². The molecule has 3 amide bonds. The molecule has 0 bridgehead atoms. The Morgan fingerprint density at radius 1 is 1.15 bits per heavy atom. The van der Waals surface area contributed by atoms with E-state index in [1.54, 1.807) is 31.2 Å². The van der Waals surface area contributed by atoms with Crippen LogP contribution in [0.2, 0.25) is 0 Å². The Morgan fingerprint density at radius 3 is 2.67 bits per heavy atom. The Kier molecular flexibility index (Phi) is 9.43. The van der Waals surface area contributed by atoms with Crippen molar-refractivity contribution in [3.8, 4) is 11.8 Å². The van der Waals surface area contributed by atoms with Crippen molar-refractivity contribution in [1.82, 2.24) is 10.2 Å². The van der Waals surface area contributed by atoms with Crippen molar-refractivity contribution < 1.29 is 23.6 Å². The molecule has 0 aliphatic carbocycles. The molecule has 0 radical (unpaired) electrons. The zero-order chi connectivity index (χ0) is 28.6. The first-order valence-corrected chi connectivity index (χ1v) is 13.6. The van der Waals surface area contributed by atoms with E-state index in [1.807, 2.05) is 0 Å². The standard InChI is InChI=1S/C31H33FN4O4/c1-20(33)23-12-10-21(19-37)17-26(23)34-16-8-6-4-2-3-5-7-9-22-11-13-25(32)29-24(22)18-36(31(29)40)27-14-15-28(38)35-30(27)39/h10-13,17,19,27,33-34H,2-6,8,14-16,18H2,1H3,(H,35,38,39). The summed E-state index contributed by atoms with van der Waals surface area (Å²) >= 11 is 0. The first-order valence-electron chi connectivity index (χ1n) is 13.6. The van der Waals surface area contributed by atoms with Gasteiger partial charge in [-0.25, -0.2) is 4.39 Å². The topological polar surface area (TPSA) is 119 Å². The molecule has 2 aromatic rings. The molecule has 2 aliphatic heterocycles. The van der Waals surface area contributed by atoms with Gasteiger partial charge in [-0.3, -0.25) is 24.5 Å². The van der Waals surface area contributed by atoms with Crippen LogP contribution in [0.15, 0.2) is 30.3 Å². The third-order valence-corrected chi connectivity index (χ3v) is 7.25. The highest BCUT2D eigenvalue weighted by atomic mass is 19.1. The van der Waals surface area contributed by atoms with Crippen LogP contribution in [0.3, 0.4) is 0 Å². The van der Waals surface area contributed by atoms with Crippen molar-refractivity contribution in [1.29, 1.82) is 5.41 Å². The highest BCUT2D eigenvalue weighted by Gasteiger charge is 2.41. The maximum absolute atomic E-state index is 14.5. The monoisotopic (exact) mass is 544 g/mol. The second-order valence-corrected chi connectivity index (χ2v) is 10.1. The van der Waals surface area contributed by atoms with Gasteiger partial charge in [-0.2, -0.15) is 0 Å². The summed E-state index contributed by atoms with van der Waals surface area (Å²) in [6.45, 7) is 2.58. The Bertz CT molecular complexity index is 1410. The summed E-state index contributed by atoms with van der Waals surface area (Å²) in [7, 11) is 0. The number of aldehydes is 1. The first kappa shape index (κ1) is 28.7. The number of carbonyl (C=O) groups excluding carboxylic acids is 4. The molecular weight excluding hydrogens is 511 g/mol. The number of anilines is 1. The molecule has 208 valence electrons. The summed E-state index contributed by atoms with van der Waals surface area (Å²) in [6, 6.07) is 7.31. The van der Waals surface area contributed by atoms with Gasteiger partial charge in [0, 0.05) is 59.6 Å². The minimum atomic E-state index is -0.795. The minimum absolute atomic E-state index is 0.0362. The number of fused-ring (bicyclic) bond motifs is 1. The molecule has 1 atom stereocenters. The third kappa shape index (κ3) is 6.63. The summed E-state index contributed by atoms with van der Waals surface area (Å²) in [5.41, 5.74) is 3.68. The van der Waals surface area contributed by atoms with Gasteiger partial charge in [0.25, 0.3) is 5.91 Å². The number of amides is 3. The number of hydrogen-bond acceptors (Lipinski definition) is 6. The molecule has 3 N–H and O–H groups in total. The van der Waals surface area contributed by atoms with Crippen molar-refractivity contribution in [2.75, 3.05) is 11.9 Å². The number of piperidine rings is 1. The van der Waals surface area contributed by atoms with Crippen LogP contribution in [0, 0.1) is 23.1 Å². The quantitative estimate of drug-likeness (QED) is 0.126. The van der Waals surface area contributed by atoms with Gasteiger partial charge in [-0.05, 0) is 44.4 Å². The fraction of sp³-hybridized carbons (Fsp3) is 0.387. The maximum Gasteiger partial charge on any atom is 0.258 e. The van der Waals surface area contributed by atoms with Gasteiger partial charge in [0.15, 0.2) is 0 Å². The number of halogens is 1. The molecular formula is C31H33FN4O4. The largest absolute Gasteiger partial charge is 0.384 e. The molecule has 2 heterocycles. The molecule has 40 heavy (non-hydrogen) atoms. The lowest BCUT2D eigenvalue weighted by molar-refractivity contribution is -0.136. The van der Waals surface area contributed by atoms with E-state index in [2.05, 4.69) is 22.5 Å². The van der Waals surface area contributed by atoms with Gasteiger partial charge in [0.1, 0.15) is 18.1 Å². The van der Waals surface area contributed by atoms with Gasteiger partial charge in [-0.1, -0.05) is 43.2 Å². The number of carbonyl (C=O) groups is 4. The Balaban J connectivity index is 1.22. The highest BCUT2D eigenvalue weighted by molar-refractivity contribution is 6.06. The molecule has 0 aromatic heterocycles. The summed E-state index contributed by atoms with van der Waals surface area (Å²) in [5.74, 6) is 4.16. The predicted octanol–water partition coefficient (Wildman–Crippen LogP) is 4.59. The summed E-state index contributed by atoms with van der Waals surface area (Å²) in [5, 5.41) is 13.5. The lowest BCUT2D eigenvalue weighted by atomic mass is 10.0. The van der Waals surface area contributed by atoms with E-state index >= 15 is 0 Å². The number of nitrogens with one attached hydrogen (secondary N) is 3. The fourth-order valence-electron chi connectivity index (χ4n) is 5.11. The van der Waals surface area contributed by atoms with Crippen molar-refractivity contribution in [3.05, 3.63) is 64.0 Å². The molecule has 2 aromatic carbocycles. The zero-order valence-electron chi connectivity index (χ0n) is 22.6. The molecule has 4 rings (SSSR count). The molecule has 0 spiro atoms. The Morgan fingerprint density at radius 2 is 1.93 bits per heavy atom. The normalized spacial score (nSPS) is 16.2.